The first kappa shape index (κ1) is 15.5. The minimum absolute atomic E-state index is 0.314. The predicted molar refractivity (Wildman–Crippen MR) is 79.9 cm³/mol. The first-order valence-corrected chi connectivity index (χ1v) is 7.06. The van der Waals surface area contributed by atoms with Crippen LogP contribution in [-0.4, -0.2) is 37.9 Å². The third-order valence-corrected chi connectivity index (χ3v) is 3.71. The summed E-state index contributed by atoms with van der Waals surface area (Å²) in [6.45, 7) is 2.35. The number of ether oxygens (including phenoxy) is 1. The highest BCUT2D eigenvalue weighted by Gasteiger charge is 2.18. The van der Waals surface area contributed by atoms with Crippen molar-refractivity contribution in [2.75, 3.05) is 31.7 Å². The molecule has 0 radical (unpaired) electrons. The maximum atomic E-state index is 13.9. The molecule has 1 saturated heterocycles. The molecule has 0 amide bonds. The summed E-state index contributed by atoms with van der Waals surface area (Å²) in [4.78, 5) is 12.6. The van der Waals surface area contributed by atoms with Crippen molar-refractivity contribution in [1.82, 2.24) is 0 Å². The summed E-state index contributed by atoms with van der Waals surface area (Å²) in [7, 11) is 1.91. The summed E-state index contributed by atoms with van der Waals surface area (Å²) in [5.41, 5.74) is 1.02. The number of carbonyl (C=O) groups is 1. The molecule has 0 aliphatic carbocycles. The van der Waals surface area contributed by atoms with Gasteiger partial charge in [-0.05, 0) is 37.0 Å². The standard InChI is InChI=1S/C16H20FNO3/c1-18(11-12-7-9-21-10-8-12)15-4-2-3-14(17)13(15)5-6-16(19)20/h2-6,12H,7-11H2,1H3,(H,19,20)/b6-5+. The van der Waals surface area contributed by atoms with Gasteiger partial charge in [0.05, 0.1) is 0 Å². The van der Waals surface area contributed by atoms with Crippen molar-refractivity contribution >= 4 is 17.7 Å². The number of carboxylic acids is 1. The number of benzene rings is 1. The molecule has 0 saturated carbocycles. The zero-order valence-electron chi connectivity index (χ0n) is 12.1. The highest BCUT2D eigenvalue weighted by atomic mass is 19.1. The van der Waals surface area contributed by atoms with Gasteiger partial charge in [-0.3, -0.25) is 0 Å². The van der Waals surface area contributed by atoms with Gasteiger partial charge in [-0.25, -0.2) is 9.18 Å². The minimum Gasteiger partial charge on any atom is -0.478 e. The number of hydrogen-bond donors (Lipinski definition) is 1. The molecule has 1 heterocycles. The largest absolute Gasteiger partial charge is 0.478 e. The fourth-order valence-electron chi connectivity index (χ4n) is 2.59. The van der Waals surface area contributed by atoms with Crippen LogP contribution in [0, 0.1) is 11.7 Å². The number of halogens is 1. The quantitative estimate of drug-likeness (QED) is 0.848. The SMILES string of the molecule is CN(CC1CCOCC1)c1cccc(F)c1/C=C/C(=O)O. The Hall–Kier alpha value is -1.88. The lowest BCUT2D eigenvalue weighted by Crippen LogP contribution is -2.30. The molecule has 1 aromatic carbocycles. The molecule has 0 atom stereocenters. The Bertz CT molecular complexity index is 524. The Kier molecular flexibility index (Phi) is 5.33. The minimum atomic E-state index is -1.09. The molecule has 0 unspecified atom stereocenters. The number of anilines is 1. The van der Waals surface area contributed by atoms with Crippen molar-refractivity contribution in [3.63, 3.8) is 0 Å². The number of carboxylic acid groups (broad SMARTS) is 1. The Balaban J connectivity index is 2.17. The van der Waals surface area contributed by atoms with Crippen LogP contribution in [0.1, 0.15) is 18.4 Å². The van der Waals surface area contributed by atoms with Crippen molar-refractivity contribution < 1.29 is 19.0 Å². The van der Waals surface area contributed by atoms with E-state index in [0.29, 0.717) is 17.2 Å². The van der Waals surface area contributed by atoms with Crippen molar-refractivity contribution in [2.24, 2.45) is 5.92 Å². The van der Waals surface area contributed by atoms with E-state index in [1.807, 2.05) is 18.0 Å². The van der Waals surface area contributed by atoms with Crippen LogP contribution >= 0.6 is 0 Å². The van der Waals surface area contributed by atoms with Gasteiger partial charge in [0, 0.05) is 44.1 Å². The smallest absolute Gasteiger partial charge is 0.328 e. The molecule has 1 aliphatic rings. The van der Waals surface area contributed by atoms with E-state index in [-0.39, 0.29) is 0 Å². The van der Waals surface area contributed by atoms with Crippen molar-refractivity contribution in [3.05, 3.63) is 35.7 Å². The maximum absolute atomic E-state index is 13.9. The highest BCUT2D eigenvalue weighted by Crippen LogP contribution is 2.26. The van der Waals surface area contributed by atoms with Gasteiger partial charge in [0.15, 0.2) is 0 Å². The van der Waals surface area contributed by atoms with Crippen molar-refractivity contribution in [2.45, 2.75) is 12.8 Å². The topological polar surface area (TPSA) is 49.8 Å². The highest BCUT2D eigenvalue weighted by molar-refractivity contribution is 5.87. The molecule has 4 nitrogen and oxygen atoms in total. The van der Waals surface area contributed by atoms with Crippen molar-refractivity contribution in [3.8, 4) is 0 Å². The second-order valence-electron chi connectivity index (χ2n) is 5.28. The van der Waals surface area contributed by atoms with Crippen molar-refractivity contribution in [1.29, 1.82) is 0 Å². The van der Waals surface area contributed by atoms with Gasteiger partial charge < -0.3 is 14.7 Å². The summed E-state index contributed by atoms with van der Waals surface area (Å²) < 4.78 is 19.3. The molecule has 1 N–H and O–H groups in total. The van der Waals surface area contributed by atoms with Crippen LogP contribution in [0.3, 0.4) is 0 Å². The number of rotatable bonds is 5. The molecule has 114 valence electrons. The van der Waals surface area contributed by atoms with Crippen LogP contribution in [0.5, 0.6) is 0 Å². The van der Waals surface area contributed by atoms with Gasteiger partial charge in [-0.1, -0.05) is 6.07 Å². The molecule has 0 bridgehead atoms. The van der Waals surface area contributed by atoms with Crippen LogP contribution in [0.15, 0.2) is 24.3 Å². The second-order valence-corrected chi connectivity index (χ2v) is 5.28. The van der Waals surface area contributed by atoms with Gasteiger partial charge in [0.2, 0.25) is 0 Å². The molecular weight excluding hydrogens is 273 g/mol. The van der Waals surface area contributed by atoms with E-state index >= 15 is 0 Å². The predicted octanol–water partition coefficient (Wildman–Crippen LogP) is 2.79. The number of hydrogen-bond acceptors (Lipinski definition) is 3. The zero-order chi connectivity index (χ0) is 15.2. The van der Waals surface area contributed by atoms with Crippen LogP contribution < -0.4 is 4.90 Å². The molecule has 2 rings (SSSR count). The molecule has 21 heavy (non-hydrogen) atoms. The lowest BCUT2D eigenvalue weighted by Gasteiger charge is -2.29. The normalized spacial score (nSPS) is 16.3. The van der Waals surface area contributed by atoms with E-state index in [1.165, 1.54) is 12.1 Å². The summed E-state index contributed by atoms with van der Waals surface area (Å²) >= 11 is 0. The molecule has 0 spiro atoms. The Morgan fingerprint density at radius 1 is 1.48 bits per heavy atom. The summed E-state index contributed by atoms with van der Waals surface area (Å²) in [6, 6.07) is 4.79. The van der Waals surface area contributed by atoms with Gasteiger partial charge in [-0.15, -0.1) is 0 Å². The number of aliphatic carboxylic acids is 1. The van der Waals surface area contributed by atoms with E-state index < -0.39 is 11.8 Å². The average Bonchev–Trinajstić information content (AvgIpc) is 2.46. The monoisotopic (exact) mass is 293 g/mol. The third kappa shape index (κ3) is 4.29. The molecule has 1 aromatic rings. The van der Waals surface area contributed by atoms with Gasteiger partial charge in [0.1, 0.15) is 5.82 Å². The van der Waals surface area contributed by atoms with E-state index in [4.69, 9.17) is 9.84 Å². The molecule has 1 fully saturated rings. The van der Waals surface area contributed by atoms with Crippen LogP contribution in [0.4, 0.5) is 10.1 Å². The molecule has 1 aliphatic heterocycles. The molecule has 5 heteroatoms. The summed E-state index contributed by atoms with van der Waals surface area (Å²) in [5, 5.41) is 8.72. The fourth-order valence-corrected chi connectivity index (χ4v) is 2.59. The summed E-state index contributed by atoms with van der Waals surface area (Å²) in [6.07, 6.45) is 4.28. The van der Waals surface area contributed by atoms with Gasteiger partial charge in [-0.2, -0.15) is 0 Å². The van der Waals surface area contributed by atoms with E-state index in [0.717, 1.165) is 38.7 Å². The number of nitrogens with zero attached hydrogens (tertiary/aromatic N) is 1. The van der Waals surface area contributed by atoms with Crippen LogP contribution in [0.25, 0.3) is 6.08 Å². The first-order chi connectivity index (χ1) is 10.1. The Morgan fingerprint density at radius 3 is 2.86 bits per heavy atom. The van der Waals surface area contributed by atoms with Crippen LogP contribution in [-0.2, 0) is 9.53 Å². The Labute approximate surface area is 123 Å². The fraction of sp³-hybridized carbons (Fsp3) is 0.438. The zero-order valence-corrected chi connectivity index (χ0v) is 12.1. The molecular formula is C16H20FNO3. The van der Waals surface area contributed by atoms with E-state index in [1.54, 1.807) is 6.07 Å². The van der Waals surface area contributed by atoms with E-state index in [2.05, 4.69) is 0 Å². The molecule has 0 aromatic heterocycles. The first-order valence-electron chi connectivity index (χ1n) is 7.06. The van der Waals surface area contributed by atoms with Gasteiger partial charge in [0.25, 0.3) is 0 Å². The Morgan fingerprint density at radius 2 is 2.19 bits per heavy atom. The summed E-state index contributed by atoms with van der Waals surface area (Å²) in [5.74, 6) is -0.983. The van der Waals surface area contributed by atoms with Crippen LogP contribution in [0.2, 0.25) is 0 Å². The lowest BCUT2D eigenvalue weighted by atomic mass is 9.99. The lowest BCUT2D eigenvalue weighted by molar-refractivity contribution is -0.131. The third-order valence-electron chi connectivity index (χ3n) is 3.71. The maximum Gasteiger partial charge on any atom is 0.328 e. The average molecular weight is 293 g/mol. The van der Waals surface area contributed by atoms with Gasteiger partial charge >= 0.3 is 5.97 Å². The van der Waals surface area contributed by atoms with E-state index in [9.17, 15) is 9.18 Å². The second kappa shape index (κ2) is 7.22.